The van der Waals surface area contributed by atoms with Gasteiger partial charge in [0.05, 0.1) is 6.10 Å². The number of rotatable bonds is 8. The Hall–Kier alpha value is -3.94. The molecule has 0 radical (unpaired) electrons. The summed E-state index contributed by atoms with van der Waals surface area (Å²) in [7, 11) is -1.04. The number of allylic oxidation sites excluding steroid dienone is 1. The van der Waals surface area contributed by atoms with E-state index < -0.39 is 25.1 Å². The lowest BCUT2D eigenvalue weighted by Gasteiger charge is -2.47. The normalized spacial score (nSPS) is 23.8. The lowest BCUT2D eigenvalue weighted by Crippen LogP contribution is -2.51. The number of carbonyl (C=O) groups excluding carboxylic acids is 2. The molecule has 4 atom stereocenters. The van der Waals surface area contributed by atoms with E-state index in [0.717, 1.165) is 34.5 Å². The molecule has 6 nitrogen and oxygen atoms in total. The van der Waals surface area contributed by atoms with Crippen LogP contribution in [-0.2, 0) is 4.65 Å². The summed E-state index contributed by atoms with van der Waals surface area (Å²) >= 11 is 0. The van der Waals surface area contributed by atoms with Crippen molar-refractivity contribution in [3.05, 3.63) is 112 Å². The Balaban J connectivity index is 1.35. The highest BCUT2D eigenvalue weighted by Crippen LogP contribution is 2.51. The van der Waals surface area contributed by atoms with Crippen molar-refractivity contribution in [2.45, 2.75) is 45.0 Å². The molecule has 7 heteroatoms. The average molecular weight is 562 g/mol. The van der Waals surface area contributed by atoms with E-state index in [2.05, 4.69) is 6.92 Å². The van der Waals surface area contributed by atoms with Crippen LogP contribution in [-0.4, -0.2) is 41.5 Å². The zero-order chi connectivity index (χ0) is 29.2. The van der Waals surface area contributed by atoms with Crippen LogP contribution in [0.5, 0.6) is 11.5 Å². The molecule has 0 unspecified atom stereocenters. The molecule has 0 saturated carbocycles. The Morgan fingerprint density at radius 2 is 1.64 bits per heavy atom. The number of benzene rings is 3. The highest BCUT2D eigenvalue weighted by Gasteiger charge is 2.53. The predicted molar refractivity (Wildman–Crippen MR) is 162 cm³/mol. The van der Waals surface area contributed by atoms with E-state index in [-0.39, 0.29) is 36.2 Å². The molecule has 3 aromatic carbocycles. The highest BCUT2D eigenvalue weighted by atomic mass is 16.5. The van der Waals surface area contributed by atoms with Gasteiger partial charge >= 0.3 is 7.12 Å². The molecule has 0 aromatic heterocycles. The molecule has 1 saturated heterocycles. The maximum absolute atomic E-state index is 13.9. The fourth-order valence-corrected chi connectivity index (χ4v) is 6.99. The molecule has 1 aliphatic heterocycles. The van der Waals surface area contributed by atoms with Gasteiger partial charge in [0, 0.05) is 28.5 Å². The maximum Gasteiger partial charge on any atom is 0.455 e. The fraction of sp³-hybridized carbons (Fsp3) is 0.314. The van der Waals surface area contributed by atoms with Crippen LogP contribution in [0.25, 0.3) is 6.08 Å². The van der Waals surface area contributed by atoms with Crippen molar-refractivity contribution in [1.82, 2.24) is 0 Å². The van der Waals surface area contributed by atoms with Crippen molar-refractivity contribution >= 4 is 24.8 Å². The van der Waals surface area contributed by atoms with Crippen molar-refractivity contribution < 1.29 is 29.1 Å². The number of Topliss-reactive ketones (excluding diaryl/α,β-unsaturated/α-hetero) is 2. The average Bonchev–Trinajstić information content (AvgIpc) is 3.01. The third kappa shape index (κ3) is 5.47. The summed E-state index contributed by atoms with van der Waals surface area (Å²) in [5, 5.41) is 21.2. The summed E-state index contributed by atoms with van der Waals surface area (Å²) in [6.07, 6.45) is 4.36. The number of carbonyl (C=O) groups is 2. The van der Waals surface area contributed by atoms with Crippen LogP contribution in [0.1, 0.15) is 58.9 Å². The fourth-order valence-electron chi connectivity index (χ4n) is 6.99. The predicted octanol–water partition coefficient (Wildman–Crippen LogP) is 6.55. The minimum atomic E-state index is -1.04. The van der Waals surface area contributed by atoms with E-state index in [1.165, 1.54) is 0 Å². The van der Waals surface area contributed by atoms with Gasteiger partial charge in [-0.3, -0.25) is 9.59 Å². The Morgan fingerprint density at radius 1 is 0.952 bits per heavy atom. The van der Waals surface area contributed by atoms with Gasteiger partial charge in [-0.2, -0.15) is 0 Å². The van der Waals surface area contributed by atoms with E-state index >= 15 is 0 Å². The molecule has 3 aromatic rings. The summed E-state index contributed by atoms with van der Waals surface area (Å²) in [4.78, 5) is 27.7. The minimum absolute atomic E-state index is 0.0112. The van der Waals surface area contributed by atoms with E-state index in [0.29, 0.717) is 30.4 Å². The standard InChI is InChI=1S/C35H35BO6/c1-2-22(18-23-10-6-9-15-30(23)37)16-17-31-32-24(21-41-25-11-4-3-5-12-25)19-28-33(29(32)20-36(40)42-31)35(39)27-14-8-7-13-26(27)34(28)38/h3-15,18,28-29,31,33,37,40H,2,16-17,19-21H2,1H3/b22-18+/t28-,29+,31-,33-/m1/s1. The highest BCUT2D eigenvalue weighted by molar-refractivity contribution is 6.43. The largest absolute Gasteiger partial charge is 0.507 e. The van der Waals surface area contributed by atoms with Crippen LogP contribution in [0.15, 0.2) is 95.6 Å². The Morgan fingerprint density at radius 3 is 2.38 bits per heavy atom. The summed E-state index contributed by atoms with van der Waals surface area (Å²) in [6, 6.07) is 23.9. The second-order valence-electron chi connectivity index (χ2n) is 11.4. The van der Waals surface area contributed by atoms with Gasteiger partial charge in [-0.15, -0.1) is 0 Å². The molecule has 1 fully saturated rings. The Labute approximate surface area is 246 Å². The smallest absolute Gasteiger partial charge is 0.455 e. The van der Waals surface area contributed by atoms with E-state index in [9.17, 15) is 19.7 Å². The second kappa shape index (κ2) is 12.1. The van der Waals surface area contributed by atoms with Gasteiger partial charge in [-0.1, -0.05) is 79.2 Å². The molecule has 1 heterocycles. The third-order valence-corrected chi connectivity index (χ3v) is 9.00. The first-order chi connectivity index (χ1) is 20.4. The molecule has 3 aliphatic rings. The molecule has 0 bridgehead atoms. The molecule has 214 valence electrons. The van der Waals surface area contributed by atoms with Crippen molar-refractivity contribution in [3.8, 4) is 11.5 Å². The quantitative estimate of drug-likeness (QED) is 0.239. The lowest BCUT2D eigenvalue weighted by atomic mass is 9.54. The van der Waals surface area contributed by atoms with Crippen molar-refractivity contribution in [2.24, 2.45) is 17.8 Å². The van der Waals surface area contributed by atoms with Gasteiger partial charge in [0.2, 0.25) is 0 Å². The SMILES string of the molecule is CC/C(=C\c1ccccc1O)CC[C@H]1OB(O)C[C@H]2C1=C(COc1ccccc1)C[C@H]1C(=O)c3ccccc3C(=O)[C@H]12. The summed E-state index contributed by atoms with van der Waals surface area (Å²) in [6.45, 7) is 2.37. The molecular formula is C35H35BO6. The Bertz CT molecular complexity index is 1540. The van der Waals surface area contributed by atoms with Crippen LogP contribution >= 0.6 is 0 Å². The lowest BCUT2D eigenvalue weighted by molar-refractivity contribution is 0.0592. The van der Waals surface area contributed by atoms with Gasteiger partial charge in [0.1, 0.15) is 18.1 Å². The number of phenolic OH excluding ortho intramolecular Hbond substituents is 1. The minimum Gasteiger partial charge on any atom is -0.507 e. The topological polar surface area (TPSA) is 93.1 Å². The van der Waals surface area contributed by atoms with Crippen LogP contribution in [0, 0.1) is 17.8 Å². The summed E-state index contributed by atoms with van der Waals surface area (Å²) in [5.74, 6) is -0.420. The van der Waals surface area contributed by atoms with Crippen LogP contribution < -0.4 is 4.74 Å². The van der Waals surface area contributed by atoms with Gasteiger partial charge in [0.15, 0.2) is 11.6 Å². The number of para-hydroxylation sites is 2. The van der Waals surface area contributed by atoms with Crippen molar-refractivity contribution in [1.29, 1.82) is 0 Å². The van der Waals surface area contributed by atoms with E-state index in [1.807, 2.05) is 48.5 Å². The first kappa shape index (κ1) is 28.2. The number of fused-ring (bicyclic) bond motifs is 4. The molecule has 2 aliphatic carbocycles. The Kier molecular flexibility index (Phi) is 8.14. The van der Waals surface area contributed by atoms with E-state index in [1.54, 1.807) is 36.4 Å². The van der Waals surface area contributed by atoms with Gasteiger partial charge in [-0.25, -0.2) is 0 Å². The zero-order valence-electron chi connectivity index (χ0n) is 23.7. The number of hydrogen-bond donors (Lipinski definition) is 2. The van der Waals surface area contributed by atoms with E-state index in [4.69, 9.17) is 9.39 Å². The van der Waals surface area contributed by atoms with Crippen molar-refractivity contribution in [3.63, 3.8) is 0 Å². The first-order valence-electron chi connectivity index (χ1n) is 14.8. The molecule has 2 N–H and O–H groups in total. The summed E-state index contributed by atoms with van der Waals surface area (Å²) in [5.41, 5.74) is 4.84. The second-order valence-corrected chi connectivity index (χ2v) is 11.4. The molecule has 42 heavy (non-hydrogen) atoms. The first-order valence-corrected chi connectivity index (χ1v) is 14.8. The van der Waals surface area contributed by atoms with Gasteiger partial charge < -0.3 is 19.5 Å². The summed E-state index contributed by atoms with van der Waals surface area (Å²) < 4.78 is 12.4. The van der Waals surface area contributed by atoms with Crippen molar-refractivity contribution in [2.75, 3.05) is 6.61 Å². The maximum atomic E-state index is 13.9. The zero-order valence-corrected chi connectivity index (χ0v) is 23.7. The van der Waals surface area contributed by atoms with Crippen LogP contribution in [0.3, 0.4) is 0 Å². The third-order valence-electron chi connectivity index (χ3n) is 9.00. The monoisotopic (exact) mass is 562 g/mol. The molecule has 6 rings (SSSR count). The van der Waals surface area contributed by atoms with Gasteiger partial charge in [0.25, 0.3) is 0 Å². The number of hydrogen-bond acceptors (Lipinski definition) is 6. The number of phenols is 1. The van der Waals surface area contributed by atoms with Gasteiger partial charge in [-0.05, 0) is 67.3 Å². The number of ether oxygens (including phenoxy) is 1. The molecule has 0 amide bonds. The van der Waals surface area contributed by atoms with Crippen LogP contribution in [0.2, 0.25) is 6.32 Å². The molecular weight excluding hydrogens is 527 g/mol. The number of ketones is 2. The van der Waals surface area contributed by atoms with Crippen LogP contribution in [0.4, 0.5) is 0 Å². The number of aromatic hydroxyl groups is 1. The molecule has 0 spiro atoms.